The maximum atomic E-state index is 12.1. The lowest BCUT2D eigenvalue weighted by molar-refractivity contribution is -0.384. The van der Waals surface area contributed by atoms with Crippen LogP contribution in [-0.4, -0.2) is 16.3 Å². The van der Waals surface area contributed by atoms with Crippen molar-refractivity contribution in [3.05, 3.63) is 74.7 Å². The number of nitrogens with zero attached hydrogens (tertiary/aromatic N) is 1. The summed E-state index contributed by atoms with van der Waals surface area (Å²) in [5.41, 5.74) is 2.72. The van der Waals surface area contributed by atoms with Crippen LogP contribution in [0, 0.1) is 10.1 Å². The molecular formula is C18H17N3O3S. The molecule has 0 spiro atoms. The Morgan fingerprint density at radius 1 is 1.20 bits per heavy atom. The van der Waals surface area contributed by atoms with Crippen LogP contribution in [0.15, 0.2) is 53.4 Å². The fourth-order valence-electron chi connectivity index (χ4n) is 2.40. The van der Waals surface area contributed by atoms with Crippen LogP contribution in [0.1, 0.15) is 18.1 Å². The minimum Gasteiger partial charge on any atom is -0.357 e. The number of nitro benzene ring substituents is 1. The number of carbonyl (C=O) groups excluding carboxylic acids is 1. The van der Waals surface area contributed by atoms with E-state index in [1.807, 2.05) is 12.1 Å². The minimum absolute atomic E-state index is 0.0285. The molecule has 0 saturated carbocycles. The molecule has 1 saturated heterocycles. The molecule has 0 radical (unpaired) electrons. The fourth-order valence-corrected chi connectivity index (χ4v) is 3.38. The SMILES string of the molecule is CCc1ccc(N[C@H]2NC(=O)/C(=C/c3ccc([N+](=O)[O-])cc3)S2)cc1. The van der Waals surface area contributed by atoms with E-state index in [9.17, 15) is 14.9 Å². The van der Waals surface area contributed by atoms with E-state index in [1.54, 1.807) is 18.2 Å². The largest absolute Gasteiger partial charge is 0.357 e. The molecule has 1 amide bonds. The van der Waals surface area contributed by atoms with Crippen LogP contribution in [0.4, 0.5) is 11.4 Å². The first-order chi connectivity index (χ1) is 12.0. The lowest BCUT2D eigenvalue weighted by atomic mass is 10.1. The zero-order valence-corrected chi connectivity index (χ0v) is 14.4. The third-order valence-electron chi connectivity index (χ3n) is 3.79. The van der Waals surface area contributed by atoms with E-state index in [1.165, 1.54) is 29.5 Å². The first-order valence-electron chi connectivity index (χ1n) is 7.84. The molecule has 3 rings (SSSR count). The predicted molar refractivity (Wildman–Crippen MR) is 100 cm³/mol. The van der Waals surface area contributed by atoms with Crippen molar-refractivity contribution in [1.29, 1.82) is 0 Å². The van der Waals surface area contributed by atoms with Crippen LogP contribution >= 0.6 is 11.8 Å². The molecule has 7 heteroatoms. The van der Waals surface area contributed by atoms with Crippen LogP contribution in [0.2, 0.25) is 0 Å². The number of carbonyl (C=O) groups is 1. The van der Waals surface area contributed by atoms with Crippen molar-refractivity contribution < 1.29 is 9.72 Å². The summed E-state index contributed by atoms with van der Waals surface area (Å²) in [5, 5.41) is 16.8. The van der Waals surface area contributed by atoms with Gasteiger partial charge in [0.2, 0.25) is 0 Å². The highest BCUT2D eigenvalue weighted by molar-refractivity contribution is 8.05. The molecule has 2 N–H and O–H groups in total. The summed E-state index contributed by atoms with van der Waals surface area (Å²) in [7, 11) is 0. The smallest absolute Gasteiger partial charge is 0.269 e. The van der Waals surface area contributed by atoms with Gasteiger partial charge in [0.25, 0.3) is 11.6 Å². The zero-order valence-electron chi connectivity index (χ0n) is 13.6. The Morgan fingerprint density at radius 3 is 2.48 bits per heavy atom. The van der Waals surface area contributed by atoms with Gasteiger partial charge in [-0.15, -0.1) is 0 Å². The maximum absolute atomic E-state index is 12.1. The molecule has 0 aliphatic carbocycles. The third-order valence-corrected chi connectivity index (χ3v) is 4.82. The van der Waals surface area contributed by atoms with Crippen LogP contribution in [0.3, 0.4) is 0 Å². The summed E-state index contributed by atoms with van der Waals surface area (Å²) in [5.74, 6) is -0.161. The van der Waals surface area contributed by atoms with E-state index >= 15 is 0 Å². The van der Waals surface area contributed by atoms with Gasteiger partial charge in [-0.3, -0.25) is 14.9 Å². The Kier molecular flexibility index (Phi) is 5.04. The van der Waals surface area contributed by atoms with Gasteiger partial charge < -0.3 is 10.6 Å². The molecule has 1 atom stereocenters. The summed E-state index contributed by atoms with van der Waals surface area (Å²) in [4.78, 5) is 22.9. The molecule has 25 heavy (non-hydrogen) atoms. The average Bonchev–Trinajstić information content (AvgIpc) is 2.95. The number of amides is 1. The number of rotatable bonds is 5. The molecule has 2 aromatic carbocycles. The first kappa shape index (κ1) is 17.0. The Bertz CT molecular complexity index is 816. The Hall–Kier alpha value is -2.80. The van der Waals surface area contributed by atoms with Gasteiger partial charge in [-0.25, -0.2) is 0 Å². The monoisotopic (exact) mass is 355 g/mol. The lowest BCUT2D eigenvalue weighted by Gasteiger charge is -2.12. The summed E-state index contributed by atoms with van der Waals surface area (Å²) >= 11 is 1.38. The second-order valence-corrected chi connectivity index (χ2v) is 6.67. The predicted octanol–water partition coefficient (Wildman–Crippen LogP) is 3.76. The maximum Gasteiger partial charge on any atom is 0.269 e. The fraction of sp³-hybridized carbons (Fsp3) is 0.167. The van der Waals surface area contributed by atoms with Crippen LogP contribution in [-0.2, 0) is 11.2 Å². The number of hydrogen-bond acceptors (Lipinski definition) is 5. The highest BCUT2D eigenvalue weighted by atomic mass is 32.2. The normalized spacial score (nSPS) is 18.2. The molecular weight excluding hydrogens is 338 g/mol. The molecule has 1 aliphatic heterocycles. The van der Waals surface area contributed by atoms with Crippen molar-refractivity contribution in [3.63, 3.8) is 0 Å². The number of thioether (sulfide) groups is 1. The van der Waals surface area contributed by atoms with E-state index < -0.39 is 4.92 Å². The third kappa shape index (κ3) is 4.19. The highest BCUT2D eigenvalue weighted by Crippen LogP contribution is 2.30. The number of nitrogens with one attached hydrogen (secondary N) is 2. The number of anilines is 1. The summed E-state index contributed by atoms with van der Waals surface area (Å²) < 4.78 is 0. The van der Waals surface area contributed by atoms with Gasteiger partial charge in [-0.05, 0) is 47.9 Å². The van der Waals surface area contributed by atoms with E-state index in [0.717, 1.165) is 17.7 Å². The number of aryl methyl sites for hydroxylation is 1. The van der Waals surface area contributed by atoms with Crippen LogP contribution < -0.4 is 10.6 Å². The molecule has 2 aromatic rings. The van der Waals surface area contributed by atoms with Gasteiger partial charge in [0, 0.05) is 17.8 Å². The molecule has 1 aliphatic rings. The van der Waals surface area contributed by atoms with Gasteiger partial charge in [-0.1, -0.05) is 30.8 Å². The van der Waals surface area contributed by atoms with Gasteiger partial charge in [0.15, 0.2) is 5.50 Å². The molecule has 6 nitrogen and oxygen atoms in total. The zero-order chi connectivity index (χ0) is 17.8. The molecule has 128 valence electrons. The molecule has 0 unspecified atom stereocenters. The number of benzene rings is 2. The van der Waals surface area contributed by atoms with Crippen molar-refractivity contribution in [2.24, 2.45) is 0 Å². The van der Waals surface area contributed by atoms with Gasteiger partial charge in [0.1, 0.15) is 0 Å². The molecule has 0 aromatic heterocycles. The van der Waals surface area contributed by atoms with E-state index in [0.29, 0.717) is 4.91 Å². The molecule has 1 fully saturated rings. The van der Waals surface area contributed by atoms with Crippen molar-refractivity contribution in [1.82, 2.24) is 5.32 Å². The Morgan fingerprint density at radius 2 is 1.88 bits per heavy atom. The van der Waals surface area contributed by atoms with Crippen molar-refractivity contribution in [3.8, 4) is 0 Å². The highest BCUT2D eigenvalue weighted by Gasteiger charge is 2.27. The van der Waals surface area contributed by atoms with Crippen molar-refractivity contribution in [2.75, 3.05) is 5.32 Å². The van der Waals surface area contributed by atoms with Crippen molar-refractivity contribution >= 4 is 35.1 Å². The van der Waals surface area contributed by atoms with Gasteiger partial charge >= 0.3 is 0 Å². The van der Waals surface area contributed by atoms with Crippen molar-refractivity contribution in [2.45, 2.75) is 18.8 Å². The molecule has 1 heterocycles. The van der Waals surface area contributed by atoms with Crippen LogP contribution in [0.5, 0.6) is 0 Å². The minimum atomic E-state index is -0.447. The van der Waals surface area contributed by atoms with Gasteiger partial charge in [0.05, 0.1) is 9.83 Å². The van der Waals surface area contributed by atoms with E-state index in [4.69, 9.17) is 0 Å². The quantitative estimate of drug-likeness (QED) is 0.485. The summed E-state index contributed by atoms with van der Waals surface area (Å²) in [6.45, 7) is 2.10. The average molecular weight is 355 g/mol. The standard InChI is InChI=1S/C18H17N3O3S/c1-2-12-3-7-14(8-4-12)19-18-20-17(22)16(25-18)11-13-5-9-15(10-6-13)21(23)24/h3-11,18-19H,2H2,1H3,(H,20,22)/b16-11-/t18-/m0/s1. The number of hydrogen-bond donors (Lipinski definition) is 2. The summed E-state index contributed by atoms with van der Waals surface area (Å²) in [6, 6.07) is 14.2. The first-order valence-corrected chi connectivity index (χ1v) is 8.72. The lowest BCUT2D eigenvalue weighted by Crippen LogP contribution is -2.30. The number of non-ortho nitro benzene ring substituents is 1. The second kappa shape index (κ2) is 7.40. The summed E-state index contributed by atoms with van der Waals surface area (Å²) in [6.07, 6.45) is 2.71. The Balaban J connectivity index is 1.67. The van der Waals surface area contributed by atoms with Gasteiger partial charge in [-0.2, -0.15) is 0 Å². The topological polar surface area (TPSA) is 84.3 Å². The van der Waals surface area contributed by atoms with E-state index in [-0.39, 0.29) is 17.1 Å². The van der Waals surface area contributed by atoms with Crippen LogP contribution in [0.25, 0.3) is 6.08 Å². The number of nitro groups is 1. The van der Waals surface area contributed by atoms with E-state index in [2.05, 4.69) is 29.7 Å². The Labute approximate surface area is 149 Å². The molecule has 0 bridgehead atoms. The second-order valence-electron chi connectivity index (χ2n) is 5.52.